The third-order valence-corrected chi connectivity index (χ3v) is 2.52. The first-order valence-electron chi connectivity index (χ1n) is 5.57. The van der Waals surface area contributed by atoms with Gasteiger partial charge in [0.15, 0.2) is 0 Å². The van der Waals surface area contributed by atoms with Crippen LogP contribution < -0.4 is 0 Å². The molecular formula is C15H19O. The summed E-state index contributed by atoms with van der Waals surface area (Å²) in [6, 6.07) is 4.07. The van der Waals surface area contributed by atoms with Gasteiger partial charge in [-0.2, -0.15) is 0 Å². The van der Waals surface area contributed by atoms with Crippen LogP contribution >= 0.6 is 0 Å². The predicted molar refractivity (Wildman–Crippen MR) is 69.6 cm³/mol. The molecule has 1 aromatic rings. The van der Waals surface area contributed by atoms with Crippen LogP contribution in [0.1, 0.15) is 23.1 Å². The lowest BCUT2D eigenvalue weighted by Crippen LogP contribution is -1.94. The summed E-state index contributed by atoms with van der Waals surface area (Å²) < 4.78 is 0. The van der Waals surface area contributed by atoms with Gasteiger partial charge >= 0.3 is 0 Å². The van der Waals surface area contributed by atoms with Gasteiger partial charge in [-0.25, -0.2) is 0 Å². The highest BCUT2D eigenvalue weighted by Gasteiger charge is 2.07. The van der Waals surface area contributed by atoms with E-state index in [9.17, 15) is 5.11 Å². The average molecular weight is 215 g/mol. The highest BCUT2D eigenvalue weighted by molar-refractivity contribution is 5.45. The van der Waals surface area contributed by atoms with E-state index >= 15 is 0 Å². The lowest BCUT2D eigenvalue weighted by Gasteiger charge is -2.10. The highest BCUT2D eigenvalue weighted by atomic mass is 16.3. The van der Waals surface area contributed by atoms with Gasteiger partial charge in [-0.05, 0) is 42.4 Å². The molecule has 1 N–H and O–H groups in total. The Morgan fingerprint density at radius 2 is 1.56 bits per heavy atom. The summed E-state index contributed by atoms with van der Waals surface area (Å²) >= 11 is 0. The molecule has 1 heteroatoms. The van der Waals surface area contributed by atoms with E-state index in [2.05, 4.69) is 20.1 Å². The number of phenolic OH excluding ortho intramolecular Hbond substituents is 1. The van der Waals surface area contributed by atoms with E-state index < -0.39 is 0 Å². The molecule has 0 aliphatic carbocycles. The Morgan fingerprint density at radius 3 is 1.94 bits per heavy atom. The molecule has 1 rings (SSSR count). The topological polar surface area (TPSA) is 20.2 Å². The first kappa shape index (κ1) is 12.6. The zero-order chi connectivity index (χ0) is 12.0. The van der Waals surface area contributed by atoms with E-state index in [-0.39, 0.29) is 0 Å². The number of allylic oxidation sites excluding steroid dienone is 2. The molecule has 1 nitrogen and oxygen atoms in total. The van der Waals surface area contributed by atoms with E-state index in [0.29, 0.717) is 18.6 Å². The molecule has 0 saturated carbocycles. The normalized spacial score (nSPS) is 10.1. The molecule has 0 aliphatic heterocycles. The van der Waals surface area contributed by atoms with Crippen LogP contribution in [-0.4, -0.2) is 5.11 Å². The summed E-state index contributed by atoms with van der Waals surface area (Å²) in [5.74, 6) is 0.382. The molecule has 16 heavy (non-hydrogen) atoms. The van der Waals surface area contributed by atoms with E-state index in [1.54, 1.807) is 12.2 Å². The summed E-state index contributed by atoms with van der Waals surface area (Å²) in [5, 5.41) is 10.0. The fourth-order valence-corrected chi connectivity index (χ4v) is 1.80. The summed E-state index contributed by atoms with van der Waals surface area (Å²) in [6.45, 7) is 11.3. The van der Waals surface area contributed by atoms with Crippen molar-refractivity contribution in [2.24, 2.45) is 0 Å². The van der Waals surface area contributed by atoms with Gasteiger partial charge < -0.3 is 5.11 Å². The third-order valence-electron chi connectivity index (χ3n) is 2.52. The van der Waals surface area contributed by atoms with E-state index in [1.165, 1.54) is 5.56 Å². The van der Waals surface area contributed by atoms with Gasteiger partial charge in [-0.1, -0.05) is 31.2 Å². The standard InChI is InChI=1S/C15H19O/c1-4-7-12-10-13(8-5-2)15(16)14(11-12)9-6-3/h5-6,10-11,16H,1-4,7-9H2. The van der Waals surface area contributed by atoms with Crippen LogP contribution in [0.25, 0.3) is 0 Å². The molecule has 0 amide bonds. The predicted octanol–water partition coefficient (Wildman–Crippen LogP) is 3.62. The smallest absolute Gasteiger partial charge is 0.122 e. The van der Waals surface area contributed by atoms with Crippen molar-refractivity contribution in [3.05, 3.63) is 61.1 Å². The minimum absolute atomic E-state index is 0.382. The lowest BCUT2D eigenvalue weighted by atomic mass is 9.97. The second-order valence-corrected chi connectivity index (χ2v) is 3.85. The van der Waals surface area contributed by atoms with E-state index in [0.717, 1.165) is 24.0 Å². The van der Waals surface area contributed by atoms with Gasteiger partial charge in [0, 0.05) is 0 Å². The first-order chi connectivity index (χ1) is 7.72. The van der Waals surface area contributed by atoms with E-state index in [1.807, 2.05) is 12.1 Å². The number of aromatic hydroxyl groups is 1. The van der Waals surface area contributed by atoms with Crippen LogP contribution in [0.15, 0.2) is 37.4 Å². The largest absolute Gasteiger partial charge is 0.507 e. The van der Waals surface area contributed by atoms with Crippen LogP contribution in [0.3, 0.4) is 0 Å². The Labute approximate surface area is 98.1 Å². The SMILES string of the molecule is [CH2]CCc1cc(CC=C)c(O)c(CC=C)c1. The van der Waals surface area contributed by atoms with Crippen LogP contribution in [0.4, 0.5) is 0 Å². The van der Waals surface area contributed by atoms with Gasteiger partial charge in [-0.3, -0.25) is 0 Å². The zero-order valence-corrected chi connectivity index (χ0v) is 9.71. The lowest BCUT2D eigenvalue weighted by molar-refractivity contribution is 0.463. The number of phenols is 1. The fraction of sp³-hybridized carbons (Fsp3) is 0.267. The summed E-state index contributed by atoms with van der Waals surface area (Å²) in [4.78, 5) is 0. The van der Waals surface area contributed by atoms with Gasteiger partial charge in [0.05, 0.1) is 0 Å². The van der Waals surface area contributed by atoms with Crippen LogP contribution in [0, 0.1) is 6.92 Å². The second-order valence-electron chi connectivity index (χ2n) is 3.85. The molecule has 1 radical (unpaired) electrons. The fourth-order valence-electron chi connectivity index (χ4n) is 1.80. The number of hydrogen-bond donors (Lipinski definition) is 1. The zero-order valence-electron chi connectivity index (χ0n) is 9.71. The molecule has 0 spiro atoms. The van der Waals surface area contributed by atoms with Crippen molar-refractivity contribution in [1.29, 1.82) is 0 Å². The average Bonchev–Trinajstić information content (AvgIpc) is 2.26. The quantitative estimate of drug-likeness (QED) is 0.719. The molecule has 85 valence electrons. The van der Waals surface area contributed by atoms with Crippen molar-refractivity contribution in [3.8, 4) is 5.75 Å². The number of hydrogen-bond acceptors (Lipinski definition) is 1. The van der Waals surface area contributed by atoms with Crippen molar-refractivity contribution < 1.29 is 5.11 Å². The van der Waals surface area contributed by atoms with Gasteiger partial charge in [0.25, 0.3) is 0 Å². The van der Waals surface area contributed by atoms with Crippen molar-refractivity contribution in [1.82, 2.24) is 0 Å². The number of benzene rings is 1. The summed E-state index contributed by atoms with van der Waals surface area (Å²) in [6.07, 6.45) is 6.81. The minimum atomic E-state index is 0.382. The van der Waals surface area contributed by atoms with Crippen molar-refractivity contribution in [2.75, 3.05) is 0 Å². The molecule has 0 atom stereocenters. The molecule has 0 heterocycles. The van der Waals surface area contributed by atoms with Crippen molar-refractivity contribution in [3.63, 3.8) is 0 Å². The Bertz CT molecular complexity index is 346. The molecule has 0 saturated heterocycles. The van der Waals surface area contributed by atoms with Crippen molar-refractivity contribution in [2.45, 2.75) is 25.7 Å². The maximum atomic E-state index is 10.0. The maximum Gasteiger partial charge on any atom is 0.122 e. The van der Waals surface area contributed by atoms with Gasteiger partial charge in [0.1, 0.15) is 5.75 Å². The second kappa shape index (κ2) is 6.16. The van der Waals surface area contributed by atoms with Crippen LogP contribution in [0.5, 0.6) is 5.75 Å². The molecule has 0 unspecified atom stereocenters. The third kappa shape index (κ3) is 2.99. The Balaban J connectivity index is 3.14. The van der Waals surface area contributed by atoms with Crippen molar-refractivity contribution >= 4 is 0 Å². The molecule has 0 aromatic heterocycles. The first-order valence-corrected chi connectivity index (χ1v) is 5.57. The Morgan fingerprint density at radius 1 is 1.06 bits per heavy atom. The number of rotatable bonds is 6. The van der Waals surface area contributed by atoms with Gasteiger partial charge in [-0.15, -0.1) is 13.2 Å². The molecule has 1 aromatic carbocycles. The van der Waals surface area contributed by atoms with Crippen LogP contribution in [0.2, 0.25) is 0 Å². The molecule has 0 bridgehead atoms. The monoisotopic (exact) mass is 215 g/mol. The molecule has 0 aliphatic rings. The summed E-state index contributed by atoms with van der Waals surface area (Å²) in [5.41, 5.74) is 3.11. The van der Waals surface area contributed by atoms with Gasteiger partial charge in [0.2, 0.25) is 0 Å². The number of aryl methyl sites for hydroxylation is 1. The van der Waals surface area contributed by atoms with Crippen LogP contribution in [-0.2, 0) is 19.3 Å². The highest BCUT2D eigenvalue weighted by Crippen LogP contribution is 2.26. The Hall–Kier alpha value is -1.50. The maximum absolute atomic E-state index is 10.0. The molecule has 0 fully saturated rings. The Kier molecular flexibility index (Phi) is 4.84. The van der Waals surface area contributed by atoms with E-state index in [4.69, 9.17) is 0 Å². The summed E-state index contributed by atoms with van der Waals surface area (Å²) in [7, 11) is 0. The molecular weight excluding hydrogens is 196 g/mol. The minimum Gasteiger partial charge on any atom is -0.507 e.